The van der Waals surface area contributed by atoms with Gasteiger partial charge in [-0.1, -0.05) is 23.5 Å². The van der Waals surface area contributed by atoms with Gasteiger partial charge in [0.1, 0.15) is 5.82 Å². The number of hydrogen-bond donors (Lipinski definition) is 0. The lowest BCUT2D eigenvalue weighted by molar-refractivity contribution is -0.139. The van der Waals surface area contributed by atoms with Crippen molar-refractivity contribution in [2.45, 2.75) is 33.7 Å². The van der Waals surface area contributed by atoms with Crippen molar-refractivity contribution < 1.29 is 13.9 Å². The average molecular weight is 559 g/mol. The third kappa shape index (κ3) is 4.81. The lowest BCUT2D eigenvalue weighted by Crippen LogP contribution is -2.39. The number of carbonyl (C=O) groups is 1. The molecule has 2 aromatic heterocycles. The van der Waals surface area contributed by atoms with Crippen LogP contribution in [-0.4, -0.2) is 35.8 Å². The predicted molar refractivity (Wildman–Crippen MR) is 156 cm³/mol. The summed E-state index contributed by atoms with van der Waals surface area (Å²) >= 11 is 1.27. The quantitative estimate of drug-likeness (QED) is 0.329. The molecule has 9 heteroatoms. The molecule has 1 aliphatic heterocycles. The lowest BCUT2D eigenvalue weighted by atomic mass is 9.96. The molecule has 0 spiro atoms. The molecule has 4 aromatic rings. The molecule has 1 atom stereocenters. The Hall–Kier alpha value is -4.24. The number of fused-ring (bicyclic) bond motifs is 1. The van der Waals surface area contributed by atoms with Crippen molar-refractivity contribution in [3.8, 4) is 5.69 Å². The molecule has 2 aromatic carbocycles. The predicted octanol–water partition coefficient (Wildman–Crippen LogP) is 4.41. The lowest BCUT2D eigenvalue weighted by Gasteiger charge is -2.24. The molecule has 0 fully saturated rings. The Kier molecular flexibility index (Phi) is 7.33. The molecule has 206 valence electrons. The fraction of sp³-hybridized carbons (Fsp3) is 0.258. The summed E-state index contributed by atoms with van der Waals surface area (Å²) in [6.45, 7) is 7.71. The fourth-order valence-electron chi connectivity index (χ4n) is 5.12. The normalized spacial score (nSPS) is 15.2. The maximum absolute atomic E-state index is 13.9. The summed E-state index contributed by atoms with van der Waals surface area (Å²) in [5.41, 5.74) is 6.18. The zero-order valence-corrected chi connectivity index (χ0v) is 24.2. The van der Waals surface area contributed by atoms with Gasteiger partial charge in [0, 0.05) is 36.9 Å². The first-order valence-corrected chi connectivity index (χ1v) is 13.8. The van der Waals surface area contributed by atoms with E-state index in [1.165, 1.54) is 28.0 Å². The van der Waals surface area contributed by atoms with Crippen LogP contribution in [0.15, 0.2) is 75.7 Å². The van der Waals surface area contributed by atoms with Crippen LogP contribution in [0.5, 0.6) is 0 Å². The van der Waals surface area contributed by atoms with Gasteiger partial charge in [-0.05, 0) is 87.4 Å². The van der Waals surface area contributed by atoms with Crippen LogP contribution < -0.4 is 19.8 Å². The van der Waals surface area contributed by atoms with E-state index in [1.807, 2.05) is 34.0 Å². The molecule has 0 unspecified atom stereocenters. The van der Waals surface area contributed by atoms with E-state index >= 15 is 0 Å². The molecule has 0 aliphatic carbocycles. The van der Waals surface area contributed by atoms with E-state index in [4.69, 9.17) is 4.74 Å². The van der Waals surface area contributed by atoms with Crippen molar-refractivity contribution in [1.82, 2.24) is 9.13 Å². The Morgan fingerprint density at radius 1 is 1.10 bits per heavy atom. The van der Waals surface area contributed by atoms with E-state index in [9.17, 15) is 14.0 Å². The molecular weight excluding hydrogens is 527 g/mol. The van der Waals surface area contributed by atoms with Crippen LogP contribution in [0.4, 0.5) is 10.1 Å². The first-order chi connectivity index (χ1) is 19.1. The highest BCUT2D eigenvalue weighted by molar-refractivity contribution is 7.07. The summed E-state index contributed by atoms with van der Waals surface area (Å²) in [5.74, 6) is -0.947. The van der Waals surface area contributed by atoms with Gasteiger partial charge in [0.15, 0.2) is 4.80 Å². The number of esters is 1. The monoisotopic (exact) mass is 558 g/mol. The highest BCUT2D eigenvalue weighted by Crippen LogP contribution is 2.31. The number of benzene rings is 2. The van der Waals surface area contributed by atoms with Gasteiger partial charge < -0.3 is 14.2 Å². The van der Waals surface area contributed by atoms with Gasteiger partial charge in [-0.25, -0.2) is 14.2 Å². The molecule has 1 aliphatic rings. The number of carbonyl (C=O) groups excluding carboxylic acids is 1. The smallest absolute Gasteiger partial charge is 0.338 e. The van der Waals surface area contributed by atoms with Crippen LogP contribution in [-0.2, 0) is 9.53 Å². The van der Waals surface area contributed by atoms with Gasteiger partial charge in [0.2, 0.25) is 0 Å². The molecule has 0 radical (unpaired) electrons. The van der Waals surface area contributed by atoms with E-state index in [0.717, 1.165) is 28.3 Å². The minimum absolute atomic E-state index is 0.184. The van der Waals surface area contributed by atoms with E-state index in [1.54, 1.807) is 26.0 Å². The molecular formula is C31H31FN4O3S. The summed E-state index contributed by atoms with van der Waals surface area (Å²) in [7, 11) is 4.01. The molecule has 7 nitrogen and oxygen atoms in total. The third-order valence-electron chi connectivity index (χ3n) is 7.08. The Morgan fingerprint density at radius 3 is 2.40 bits per heavy atom. The second-order valence-corrected chi connectivity index (χ2v) is 10.9. The highest BCUT2D eigenvalue weighted by Gasteiger charge is 2.33. The number of anilines is 1. The van der Waals surface area contributed by atoms with Gasteiger partial charge in [-0.2, -0.15) is 0 Å². The minimum atomic E-state index is -0.777. The van der Waals surface area contributed by atoms with Crippen molar-refractivity contribution in [1.29, 1.82) is 0 Å². The van der Waals surface area contributed by atoms with Crippen LogP contribution in [0, 0.1) is 19.7 Å². The Labute approximate surface area is 235 Å². The summed E-state index contributed by atoms with van der Waals surface area (Å²) in [6, 6.07) is 15.4. The van der Waals surface area contributed by atoms with E-state index in [0.29, 0.717) is 20.6 Å². The van der Waals surface area contributed by atoms with Gasteiger partial charge >= 0.3 is 5.97 Å². The molecule has 0 saturated heterocycles. The number of thiazole rings is 1. The first kappa shape index (κ1) is 27.3. The van der Waals surface area contributed by atoms with Crippen molar-refractivity contribution in [3.63, 3.8) is 0 Å². The minimum Gasteiger partial charge on any atom is -0.463 e. The van der Waals surface area contributed by atoms with E-state index in [-0.39, 0.29) is 17.7 Å². The summed E-state index contributed by atoms with van der Waals surface area (Å²) in [6.07, 6.45) is 1.88. The number of hydrogen-bond acceptors (Lipinski definition) is 6. The molecule has 3 heterocycles. The summed E-state index contributed by atoms with van der Waals surface area (Å²) in [4.78, 5) is 34.1. The highest BCUT2D eigenvalue weighted by atomic mass is 32.1. The maximum Gasteiger partial charge on any atom is 0.338 e. The molecule has 0 bridgehead atoms. The first-order valence-electron chi connectivity index (χ1n) is 13.0. The molecule has 0 saturated carbocycles. The second kappa shape index (κ2) is 10.7. The van der Waals surface area contributed by atoms with Crippen molar-refractivity contribution in [3.05, 3.63) is 114 Å². The zero-order chi connectivity index (χ0) is 28.7. The van der Waals surface area contributed by atoms with Gasteiger partial charge in [0.25, 0.3) is 5.56 Å². The van der Waals surface area contributed by atoms with E-state index in [2.05, 4.69) is 44.8 Å². The maximum atomic E-state index is 13.9. The molecule has 40 heavy (non-hydrogen) atoms. The largest absolute Gasteiger partial charge is 0.463 e. The van der Waals surface area contributed by atoms with Crippen molar-refractivity contribution >= 4 is 29.1 Å². The van der Waals surface area contributed by atoms with Gasteiger partial charge in [0.05, 0.1) is 28.5 Å². The standard InChI is InChI=1S/C31H31FN4O3S/c1-7-39-30(38)27-19(3)33-31-36(28(27)21-8-10-23(32)11-9-21)29(37)26(40-31)17-22-16-18(2)35(20(22)4)25-14-12-24(13-15-25)34(5)6/h8-17,28H,7H2,1-6H3/b26-17+/t28-/m1/s1. The Bertz CT molecular complexity index is 1810. The molecule has 5 rings (SSSR count). The fourth-order valence-corrected chi connectivity index (χ4v) is 6.16. The number of nitrogens with zero attached hydrogens (tertiary/aromatic N) is 4. The number of allylic oxidation sites excluding steroid dienone is 1. The Morgan fingerprint density at radius 2 is 1.77 bits per heavy atom. The number of rotatable bonds is 6. The summed E-state index contributed by atoms with van der Waals surface area (Å²) < 4.78 is 23.3. The van der Waals surface area contributed by atoms with Gasteiger partial charge in [-0.3, -0.25) is 9.36 Å². The van der Waals surface area contributed by atoms with Crippen LogP contribution in [0.3, 0.4) is 0 Å². The second-order valence-electron chi connectivity index (χ2n) is 9.93. The number of aryl methyl sites for hydroxylation is 1. The zero-order valence-electron chi connectivity index (χ0n) is 23.4. The van der Waals surface area contributed by atoms with Crippen molar-refractivity contribution in [2.75, 3.05) is 25.6 Å². The summed E-state index contributed by atoms with van der Waals surface area (Å²) in [5, 5.41) is 0. The van der Waals surface area contributed by atoms with Crippen LogP contribution in [0.1, 0.15) is 42.4 Å². The number of ether oxygens (including phenoxy) is 1. The van der Waals surface area contributed by atoms with Crippen molar-refractivity contribution in [2.24, 2.45) is 4.99 Å². The third-order valence-corrected chi connectivity index (χ3v) is 8.07. The molecule has 0 amide bonds. The molecule has 0 N–H and O–H groups in total. The topological polar surface area (TPSA) is 68.8 Å². The number of halogens is 1. The average Bonchev–Trinajstić information content (AvgIpc) is 3.37. The van der Waals surface area contributed by atoms with Gasteiger partial charge in [-0.15, -0.1) is 0 Å². The van der Waals surface area contributed by atoms with E-state index < -0.39 is 17.8 Å². The van der Waals surface area contributed by atoms with Crippen LogP contribution >= 0.6 is 11.3 Å². The van der Waals surface area contributed by atoms with Crippen LogP contribution in [0.2, 0.25) is 0 Å². The Balaban J connectivity index is 1.65. The van der Waals surface area contributed by atoms with Crippen LogP contribution in [0.25, 0.3) is 11.8 Å². The SMILES string of the molecule is CCOC(=O)C1=C(C)N=c2s/c(=C/c3cc(C)n(-c4ccc(N(C)C)cc4)c3C)c(=O)n2[C@@H]1c1ccc(F)cc1. The number of aromatic nitrogens is 2.